The molecule has 0 saturated heterocycles. The van der Waals surface area contributed by atoms with E-state index in [1.165, 1.54) is 0 Å². The van der Waals surface area contributed by atoms with Gasteiger partial charge in [-0.05, 0) is 12.8 Å². The summed E-state index contributed by atoms with van der Waals surface area (Å²) in [6.45, 7) is 4.18. The Hall–Kier alpha value is -0.160. The molecular formula is C9H21NO3. The Balaban J connectivity index is 3.17. The third kappa shape index (κ3) is 8.18. The Morgan fingerprint density at radius 2 is 2.00 bits per heavy atom. The van der Waals surface area contributed by atoms with Gasteiger partial charge in [-0.1, -0.05) is 6.92 Å². The molecule has 0 aromatic rings. The summed E-state index contributed by atoms with van der Waals surface area (Å²) in [7, 11) is 0. The smallest absolute Gasteiger partial charge is 0.0698 e. The number of nitrogens with one attached hydrogen (secondary N) is 1. The van der Waals surface area contributed by atoms with Crippen molar-refractivity contribution in [3.05, 3.63) is 0 Å². The zero-order chi connectivity index (χ0) is 9.94. The topological polar surface area (TPSA) is 61.7 Å². The first-order chi connectivity index (χ1) is 6.35. The molecule has 0 radical (unpaired) electrons. The highest BCUT2D eigenvalue weighted by molar-refractivity contribution is 4.63. The minimum absolute atomic E-state index is 0.0772. The Morgan fingerprint density at radius 3 is 2.54 bits per heavy atom. The fourth-order valence-electron chi connectivity index (χ4n) is 1.11. The van der Waals surface area contributed by atoms with Gasteiger partial charge < -0.3 is 20.3 Å². The van der Waals surface area contributed by atoms with Crippen LogP contribution in [0.15, 0.2) is 0 Å². The van der Waals surface area contributed by atoms with E-state index in [4.69, 9.17) is 14.9 Å². The minimum atomic E-state index is 0.0772. The van der Waals surface area contributed by atoms with Crippen molar-refractivity contribution < 1.29 is 14.9 Å². The van der Waals surface area contributed by atoms with Gasteiger partial charge in [0.2, 0.25) is 0 Å². The van der Waals surface area contributed by atoms with Gasteiger partial charge in [-0.2, -0.15) is 0 Å². The van der Waals surface area contributed by atoms with Crippen LogP contribution in [0.3, 0.4) is 0 Å². The highest BCUT2D eigenvalue weighted by Gasteiger charge is 2.02. The van der Waals surface area contributed by atoms with Crippen molar-refractivity contribution in [1.29, 1.82) is 0 Å². The summed E-state index contributed by atoms with van der Waals surface area (Å²) in [5.41, 5.74) is 0. The van der Waals surface area contributed by atoms with E-state index < -0.39 is 0 Å². The number of aliphatic hydroxyl groups excluding tert-OH is 2. The van der Waals surface area contributed by atoms with Crippen LogP contribution in [0.2, 0.25) is 0 Å². The summed E-state index contributed by atoms with van der Waals surface area (Å²) < 4.78 is 5.08. The molecule has 13 heavy (non-hydrogen) atoms. The number of aliphatic hydroxyl groups is 2. The summed E-state index contributed by atoms with van der Waals surface area (Å²) in [5.74, 6) is 0. The predicted octanol–water partition coefficient (Wildman–Crippen LogP) is -0.254. The molecule has 4 heteroatoms. The van der Waals surface area contributed by atoms with Crippen LogP contribution in [0.4, 0.5) is 0 Å². The average molecular weight is 191 g/mol. The summed E-state index contributed by atoms with van der Waals surface area (Å²) in [6, 6.07) is 0.378. The molecule has 0 aromatic heterocycles. The SMILES string of the molecule is CCC(CCO)NCCOCCO. The number of rotatable bonds is 9. The van der Waals surface area contributed by atoms with Gasteiger partial charge in [0.15, 0.2) is 0 Å². The molecule has 0 aliphatic rings. The highest BCUT2D eigenvalue weighted by Crippen LogP contribution is 1.95. The van der Waals surface area contributed by atoms with E-state index >= 15 is 0 Å². The molecule has 1 unspecified atom stereocenters. The molecule has 0 spiro atoms. The lowest BCUT2D eigenvalue weighted by Crippen LogP contribution is -2.32. The van der Waals surface area contributed by atoms with E-state index in [2.05, 4.69) is 12.2 Å². The standard InChI is InChI=1S/C9H21NO3/c1-2-9(3-5-11)10-4-7-13-8-6-12/h9-12H,2-8H2,1H3. The van der Waals surface area contributed by atoms with Gasteiger partial charge in [0.25, 0.3) is 0 Å². The number of ether oxygens (including phenoxy) is 1. The molecule has 1 atom stereocenters. The second-order valence-electron chi connectivity index (χ2n) is 2.91. The highest BCUT2D eigenvalue weighted by atomic mass is 16.5. The molecule has 3 N–H and O–H groups in total. The van der Waals surface area contributed by atoms with Crippen LogP contribution in [0.25, 0.3) is 0 Å². The van der Waals surface area contributed by atoms with Crippen LogP contribution < -0.4 is 5.32 Å². The van der Waals surface area contributed by atoms with E-state index in [1.54, 1.807) is 0 Å². The molecule has 0 bridgehead atoms. The predicted molar refractivity (Wildman–Crippen MR) is 51.7 cm³/mol. The molecule has 0 aliphatic carbocycles. The fraction of sp³-hybridized carbons (Fsp3) is 1.00. The van der Waals surface area contributed by atoms with Crippen molar-refractivity contribution >= 4 is 0 Å². The summed E-state index contributed by atoms with van der Waals surface area (Å²) in [4.78, 5) is 0. The van der Waals surface area contributed by atoms with Crippen molar-refractivity contribution in [2.75, 3.05) is 33.0 Å². The van der Waals surface area contributed by atoms with E-state index in [0.29, 0.717) is 19.3 Å². The molecule has 0 aromatic carbocycles. The third-order valence-electron chi connectivity index (χ3n) is 1.89. The van der Waals surface area contributed by atoms with E-state index in [9.17, 15) is 0 Å². The van der Waals surface area contributed by atoms with Crippen LogP contribution in [0.1, 0.15) is 19.8 Å². The lowest BCUT2D eigenvalue weighted by molar-refractivity contribution is 0.0919. The Labute approximate surface area is 79.9 Å². The van der Waals surface area contributed by atoms with Crippen LogP contribution in [-0.2, 0) is 4.74 Å². The lowest BCUT2D eigenvalue weighted by atomic mass is 10.1. The maximum atomic E-state index is 8.70. The van der Waals surface area contributed by atoms with Crippen molar-refractivity contribution in [3.63, 3.8) is 0 Å². The van der Waals surface area contributed by atoms with E-state index in [1.807, 2.05) is 0 Å². The van der Waals surface area contributed by atoms with Crippen LogP contribution in [-0.4, -0.2) is 49.2 Å². The molecule has 0 rings (SSSR count). The zero-order valence-electron chi connectivity index (χ0n) is 8.33. The zero-order valence-corrected chi connectivity index (χ0v) is 8.33. The molecule has 0 amide bonds. The molecule has 0 aliphatic heterocycles. The van der Waals surface area contributed by atoms with Crippen LogP contribution >= 0.6 is 0 Å². The lowest BCUT2D eigenvalue weighted by Gasteiger charge is -2.15. The second-order valence-corrected chi connectivity index (χ2v) is 2.91. The minimum Gasteiger partial charge on any atom is -0.396 e. The first-order valence-corrected chi connectivity index (χ1v) is 4.88. The number of hydrogen-bond acceptors (Lipinski definition) is 4. The van der Waals surface area contributed by atoms with Crippen LogP contribution in [0.5, 0.6) is 0 Å². The van der Waals surface area contributed by atoms with Gasteiger partial charge >= 0.3 is 0 Å². The normalized spacial score (nSPS) is 13.2. The van der Waals surface area contributed by atoms with Gasteiger partial charge in [-0.25, -0.2) is 0 Å². The molecule has 0 saturated carbocycles. The molecule has 0 heterocycles. The quantitative estimate of drug-likeness (QED) is 0.440. The molecular weight excluding hydrogens is 170 g/mol. The first-order valence-electron chi connectivity index (χ1n) is 4.88. The van der Waals surface area contributed by atoms with Crippen molar-refractivity contribution in [3.8, 4) is 0 Å². The summed E-state index contributed by atoms with van der Waals surface area (Å²) in [6.07, 6.45) is 1.80. The Morgan fingerprint density at radius 1 is 1.23 bits per heavy atom. The first kappa shape index (κ1) is 12.8. The fourth-order valence-corrected chi connectivity index (χ4v) is 1.11. The van der Waals surface area contributed by atoms with Gasteiger partial charge in [0.1, 0.15) is 0 Å². The molecule has 4 nitrogen and oxygen atoms in total. The maximum Gasteiger partial charge on any atom is 0.0698 e. The van der Waals surface area contributed by atoms with Crippen molar-refractivity contribution in [2.45, 2.75) is 25.8 Å². The van der Waals surface area contributed by atoms with Crippen molar-refractivity contribution in [2.24, 2.45) is 0 Å². The molecule has 80 valence electrons. The largest absolute Gasteiger partial charge is 0.396 e. The average Bonchev–Trinajstić information content (AvgIpc) is 2.16. The van der Waals surface area contributed by atoms with Crippen LogP contribution in [0, 0.1) is 0 Å². The van der Waals surface area contributed by atoms with E-state index in [-0.39, 0.29) is 13.2 Å². The van der Waals surface area contributed by atoms with Gasteiger partial charge in [-0.15, -0.1) is 0 Å². The third-order valence-corrected chi connectivity index (χ3v) is 1.89. The van der Waals surface area contributed by atoms with Gasteiger partial charge in [-0.3, -0.25) is 0 Å². The monoisotopic (exact) mass is 191 g/mol. The summed E-state index contributed by atoms with van der Waals surface area (Å²) >= 11 is 0. The Kier molecular flexibility index (Phi) is 9.80. The van der Waals surface area contributed by atoms with Gasteiger partial charge in [0, 0.05) is 19.2 Å². The van der Waals surface area contributed by atoms with E-state index in [0.717, 1.165) is 19.4 Å². The van der Waals surface area contributed by atoms with Gasteiger partial charge in [0.05, 0.1) is 19.8 Å². The summed E-state index contributed by atoms with van der Waals surface area (Å²) in [5, 5.41) is 20.4. The van der Waals surface area contributed by atoms with Crippen molar-refractivity contribution in [1.82, 2.24) is 5.32 Å². The maximum absolute atomic E-state index is 8.70. The molecule has 0 fully saturated rings. The number of hydrogen-bond donors (Lipinski definition) is 3. The second kappa shape index (κ2) is 9.92. The Bertz CT molecular complexity index is 101.